The van der Waals surface area contributed by atoms with E-state index in [2.05, 4.69) is 6.58 Å². The average Bonchev–Trinajstić information content (AvgIpc) is 3.06. The van der Waals surface area contributed by atoms with Crippen molar-refractivity contribution in [2.24, 2.45) is 11.8 Å². The molecule has 2 nitrogen and oxygen atoms in total. The van der Waals surface area contributed by atoms with Crippen LogP contribution >= 0.6 is 0 Å². The highest BCUT2D eigenvalue weighted by atomic mass is 16.3. The first-order chi connectivity index (χ1) is 9.06. The number of hydrogen-bond acceptors (Lipinski definition) is 2. The molecule has 0 radical (unpaired) electrons. The third-order valence-corrected chi connectivity index (χ3v) is 4.03. The molecule has 0 bridgehead atoms. The molecule has 0 saturated carbocycles. The van der Waals surface area contributed by atoms with Crippen LogP contribution in [0.2, 0.25) is 0 Å². The molecule has 0 aromatic carbocycles. The highest BCUT2D eigenvalue weighted by Crippen LogP contribution is 2.49. The Morgan fingerprint density at radius 1 is 1.11 bits per heavy atom. The normalized spacial score (nSPS) is 29.7. The summed E-state index contributed by atoms with van der Waals surface area (Å²) in [6.45, 7) is 5.50. The molecule has 0 spiro atoms. The molecule has 2 heteroatoms. The summed E-state index contributed by atoms with van der Waals surface area (Å²) in [5, 5.41) is 10.7. The van der Waals surface area contributed by atoms with E-state index >= 15 is 0 Å². The zero-order valence-electron chi connectivity index (χ0n) is 10.8. The smallest absolute Gasteiger partial charge is 0.199 e. The van der Waals surface area contributed by atoms with Gasteiger partial charge in [0.05, 0.1) is 0 Å². The summed E-state index contributed by atoms with van der Waals surface area (Å²) >= 11 is 0. The zero-order chi connectivity index (χ0) is 13.6. The summed E-state index contributed by atoms with van der Waals surface area (Å²) in [7, 11) is 0. The van der Waals surface area contributed by atoms with Gasteiger partial charge in [-0.2, -0.15) is 0 Å². The molecule has 1 unspecified atom stereocenters. The molecule has 3 rings (SSSR count). The molecule has 96 valence electrons. The molecule has 0 saturated heterocycles. The minimum Gasteiger partial charge on any atom is -0.373 e. The van der Waals surface area contributed by atoms with Gasteiger partial charge in [0.25, 0.3) is 0 Å². The Morgan fingerprint density at radius 2 is 1.58 bits per heavy atom. The van der Waals surface area contributed by atoms with Gasteiger partial charge in [-0.05, 0) is 18.1 Å². The topological polar surface area (TPSA) is 37.3 Å². The van der Waals surface area contributed by atoms with Crippen LogP contribution in [0.5, 0.6) is 0 Å². The Labute approximate surface area is 112 Å². The fraction of sp³-hybridized carbons (Fsp3) is 0.235. The Balaban J connectivity index is 2.13. The van der Waals surface area contributed by atoms with Gasteiger partial charge in [0, 0.05) is 17.4 Å². The third kappa shape index (κ3) is 1.50. The van der Waals surface area contributed by atoms with Crippen molar-refractivity contribution >= 4 is 5.78 Å². The highest BCUT2D eigenvalue weighted by Gasteiger charge is 2.55. The van der Waals surface area contributed by atoms with Crippen molar-refractivity contribution in [1.82, 2.24) is 0 Å². The van der Waals surface area contributed by atoms with E-state index in [4.69, 9.17) is 0 Å². The summed E-state index contributed by atoms with van der Waals surface area (Å²) in [6, 6.07) is 0. The minimum absolute atomic E-state index is 0.00296. The molecular formula is C17H16O2. The molecule has 3 aliphatic carbocycles. The molecule has 0 aliphatic heterocycles. The van der Waals surface area contributed by atoms with Crippen molar-refractivity contribution in [2.45, 2.75) is 12.5 Å². The van der Waals surface area contributed by atoms with Crippen LogP contribution in [0, 0.1) is 11.8 Å². The summed E-state index contributed by atoms with van der Waals surface area (Å²) in [4.78, 5) is 12.4. The lowest BCUT2D eigenvalue weighted by Crippen LogP contribution is -2.54. The fourth-order valence-electron chi connectivity index (χ4n) is 3.00. The first kappa shape index (κ1) is 12.1. The number of Topliss-reactive ketones (excluding diaryl/α,β-unsaturated/α-hetero) is 1. The van der Waals surface area contributed by atoms with Crippen molar-refractivity contribution in [3.63, 3.8) is 0 Å². The second-order valence-corrected chi connectivity index (χ2v) is 5.24. The molecule has 1 N–H and O–H groups in total. The van der Waals surface area contributed by atoms with Crippen LogP contribution in [-0.2, 0) is 4.79 Å². The van der Waals surface area contributed by atoms with Crippen LogP contribution < -0.4 is 0 Å². The van der Waals surface area contributed by atoms with Gasteiger partial charge in [0.1, 0.15) is 0 Å². The van der Waals surface area contributed by atoms with Crippen molar-refractivity contribution in [3.05, 3.63) is 71.9 Å². The maximum absolute atomic E-state index is 12.4. The first-order valence-electron chi connectivity index (χ1n) is 6.44. The van der Waals surface area contributed by atoms with E-state index in [1.165, 1.54) is 0 Å². The van der Waals surface area contributed by atoms with Crippen LogP contribution in [0.25, 0.3) is 0 Å². The van der Waals surface area contributed by atoms with Gasteiger partial charge in [0.15, 0.2) is 11.4 Å². The Hall–Kier alpha value is -1.93. The Kier molecular flexibility index (Phi) is 2.58. The summed E-state index contributed by atoms with van der Waals surface area (Å²) in [5.41, 5.74) is 0.521. The minimum atomic E-state index is -1.48. The van der Waals surface area contributed by atoms with Gasteiger partial charge in [-0.3, -0.25) is 4.79 Å². The van der Waals surface area contributed by atoms with Gasteiger partial charge >= 0.3 is 0 Å². The van der Waals surface area contributed by atoms with Gasteiger partial charge in [0.2, 0.25) is 0 Å². The number of aliphatic hydroxyl groups is 1. The lowest BCUT2D eigenvalue weighted by Gasteiger charge is -2.44. The van der Waals surface area contributed by atoms with Crippen LogP contribution in [0.3, 0.4) is 0 Å². The molecule has 0 heterocycles. The van der Waals surface area contributed by atoms with Crippen molar-refractivity contribution in [1.29, 1.82) is 0 Å². The third-order valence-electron chi connectivity index (χ3n) is 4.03. The quantitative estimate of drug-likeness (QED) is 0.784. The van der Waals surface area contributed by atoms with E-state index in [9.17, 15) is 9.90 Å². The van der Waals surface area contributed by atoms with Gasteiger partial charge in [-0.25, -0.2) is 0 Å². The second kappa shape index (κ2) is 4.04. The van der Waals surface area contributed by atoms with Crippen molar-refractivity contribution in [3.8, 4) is 0 Å². The first-order valence-corrected chi connectivity index (χ1v) is 6.44. The maximum atomic E-state index is 12.4. The predicted molar refractivity (Wildman–Crippen MR) is 75.3 cm³/mol. The van der Waals surface area contributed by atoms with Crippen molar-refractivity contribution < 1.29 is 9.90 Å². The summed E-state index contributed by atoms with van der Waals surface area (Å²) < 4.78 is 0. The highest BCUT2D eigenvalue weighted by molar-refractivity contribution is 6.15. The van der Waals surface area contributed by atoms with E-state index in [-0.39, 0.29) is 17.6 Å². The van der Waals surface area contributed by atoms with Gasteiger partial charge < -0.3 is 5.11 Å². The summed E-state index contributed by atoms with van der Waals surface area (Å²) in [6.07, 6.45) is 15.7. The average molecular weight is 252 g/mol. The lowest BCUT2D eigenvalue weighted by atomic mass is 9.61. The largest absolute Gasteiger partial charge is 0.373 e. The predicted octanol–water partition coefficient (Wildman–Crippen LogP) is 2.66. The van der Waals surface area contributed by atoms with E-state index < -0.39 is 5.60 Å². The monoisotopic (exact) mass is 252 g/mol. The van der Waals surface area contributed by atoms with Gasteiger partial charge in [-0.1, -0.05) is 55.2 Å². The standard InChI is InChI=1S/C17H16O2/c1-11(2)17(19)15(13-9-5-6-10-13)14(16(17)18)12-7-3-4-8-12/h3-10,12-13,19H,1H2,2H3. The number of hydrogen-bond donors (Lipinski definition) is 1. The van der Waals surface area contributed by atoms with E-state index in [0.29, 0.717) is 5.57 Å². The zero-order valence-corrected chi connectivity index (χ0v) is 10.8. The number of carbonyl (C=O) groups excluding carboxylic acids is 1. The Morgan fingerprint density at radius 3 is 2.05 bits per heavy atom. The van der Waals surface area contributed by atoms with Crippen LogP contribution in [-0.4, -0.2) is 16.5 Å². The molecule has 19 heavy (non-hydrogen) atoms. The van der Waals surface area contributed by atoms with Crippen LogP contribution in [0.15, 0.2) is 71.9 Å². The SMILES string of the molecule is C=C(C)C1(O)C(=O)C(C2C=CC=C2)=C1C1C=CC=C1. The lowest BCUT2D eigenvalue weighted by molar-refractivity contribution is -0.131. The van der Waals surface area contributed by atoms with Gasteiger partial charge in [-0.15, -0.1) is 0 Å². The number of ketones is 1. The molecule has 1 atom stereocenters. The molecule has 0 fully saturated rings. The summed E-state index contributed by atoms with van der Waals surface area (Å²) in [5.74, 6) is -0.216. The second-order valence-electron chi connectivity index (χ2n) is 5.24. The molecule has 0 aromatic heterocycles. The maximum Gasteiger partial charge on any atom is 0.199 e. The molecule has 0 amide bonds. The number of allylic oxidation sites excluding steroid dienone is 8. The van der Waals surface area contributed by atoms with Crippen LogP contribution in [0.4, 0.5) is 0 Å². The van der Waals surface area contributed by atoms with Crippen molar-refractivity contribution in [2.75, 3.05) is 0 Å². The Bertz CT molecular complexity index is 589. The van der Waals surface area contributed by atoms with E-state index in [1.807, 2.05) is 48.6 Å². The van der Waals surface area contributed by atoms with E-state index in [1.54, 1.807) is 6.92 Å². The number of carbonyl (C=O) groups is 1. The van der Waals surface area contributed by atoms with E-state index in [0.717, 1.165) is 11.1 Å². The fourth-order valence-corrected chi connectivity index (χ4v) is 3.00. The molecule has 0 aromatic rings. The van der Waals surface area contributed by atoms with Crippen LogP contribution in [0.1, 0.15) is 6.92 Å². The molecule has 3 aliphatic rings. The number of rotatable bonds is 3. The molecular weight excluding hydrogens is 236 g/mol.